The van der Waals surface area contributed by atoms with Crippen LogP contribution in [0.3, 0.4) is 0 Å². The van der Waals surface area contributed by atoms with Gasteiger partial charge in [-0.05, 0) is 18.2 Å². The predicted octanol–water partition coefficient (Wildman–Crippen LogP) is 2.05. The van der Waals surface area contributed by atoms with Crippen LogP contribution in [0.1, 0.15) is 6.92 Å². The molecule has 0 bridgehead atoms. The first-order chi connectivity index (χ1) is 9.95. The highest BCUT2D eigenvalue weighted by atomic mass is 16.2. The second-order valence-electron chi connectivity index (χ2n) is 4.61. The average molecular weight is 287 g/mol. The van der Waals surface area contributed by atoms with Crippen LogP contribution in [0.15, 0.2) is 36.7 Å². The van der Waals surface area contributed by atoms with Gasteiger partial charge in [0.1, 0.15) is 0 Å². The van der Waals surface area contributed by atoms with E-state index in [1.54, 1.807) is 55.4 Å². The van der Waals surface area contributed by atoms with Crippen molar-refractivity contribution in [1.82, 2.24) is 9.78 Å². The number of nitrogens with zero attached hydrogens (tertiary/aromatic N) is 3. The molecule has 7 nitrogen and oxygen atoms in total. The van der Waals surface area contributed by atoms with Gasteiger partial charge < -0.3 is 15.5 Å². The maximum absolute atomic E-state index is 11.9. The molecule has 0 fully saturated rings. The van der Waals surface area contributed by atoms with E-state index in [1.807, 2.05) is 0 Å². The maximum atomic E-state index is 11.9. The Morgan fingerprint density at radius 2 is 1.95 bits per heavy atom. The molecule has 3 amide bonds. The molecule has 0 aliphatic rings. The molecule has 1 heterocycles. The first-order valence-corrected chi connectivity index (χ1v) is 6.37. The average Bonchev–Trinajstić information content (AvgIpc) is 2.83. The molecule has 7 heteroatoms. The molecule has 21 heavy (non-hydrogen) atoms. The number of rotatable bonds is 3. The number of hydrogen-bond donors (Lipinski definition) is 2. The summed E-state index contributed by atoms with van der Waals surface area (Å²) in [6.45, 7) is 1.48. The summed E-state index contributed by atoms with van der Waals surface area (Å²) in [5, 5.41) is 9.34. The molecular weight excluding hydrogens is 270 g/mol. The largest absolute Gasteiger partial charge is 0.323 e. The molecule has 0 spiro atoms. The zero-order valence-electron chi connectivity index (χ0n) is 12.1. The SMILES string of the molecule is CC(=O)N(C)c1cccc(NC(=O)Nc2cnn(C)c2)c1. The molecule has 0 aliphatic heterocycles. The predicted molar refractivity (Wildman–Crippen MR) is 81.4 cm³/mol. The van der Waals surface area contributed by atoms with Crippen LogP contribution in [-0.2, 0) is 11.8 Å². The summed E-state index contributed by atoms with van der Waals surface area (Å²) in [6.07, 6.45) is 3.25. The van der Waals surface area contributed by atoms with E-state index in [0.717, 1.165) is 0 Å². The van der Waals surface area contributed by atoms with Crippen molar-refractivity contribution < 1.29 is 9.59 Å². The lowest BCUT2D eigenvalue weighted by atomic mass is 10.2. The van der Waals surface area contributed by atoms with Crippen LogP contribution in [0.4, 0.5) is 21.9 Å². The number of carbonyl (C=O) groups is 2. The van der Waals surface area contributed by atoms with E-state index in [-0.39, 0.29) is 11.9 Å². The van der Waals surface area contributed by atoms with E-state index in [1.165, 1.54) is 11.8 Å². The summed E-state index contributed by atoms with van der Waals surface area (Å²) in [5.41, 5.74) is 1.91. The third kappa shape index (κ3) is 3.82. The smallest absolute Gasteiger partial charge is 0.316 e. The Kier molecular flexibility index (Phi) is 4.22. The van der Waals surface area contributed by atoms with Crippen molar-refractivity contribution in [2.75, 3.05) is 22.6 Å². The Labute approximate surface area is 122 Å². The first-order valence-electron chi connectivity index (χ1n) is 6.37. The van der Waals surface area contributed by atoms with Crippen LogP contribution in [-0.4, -0.2) is 28.8 Å². The van der Waals surface area contributed by atoms with Crippen LogP contribution >= 0.6 is 0 Å². The molecular formula is C14H17N5O2. The van der Waals surface area contributed by atoms with Gasteiger partial charge in [-0.25, -0.2) is 4.79 Å². The Hall–Kier alpha value is -2.83. The zero-order valence-corrected chi connectivity index (χ0v) is 12.1. The summed E-state index contributed by atoms with van der Waals surface area (Å²) in [5.74, 6) is -0.0769. The highest BCUT2D eigenvalue weighted by Gasteiger charge is 2.08. The fourth-order valence-electron chi connectivity index (χ4n) is 1.75. The molecule has 0 saturated carbocycles. The van der Waals surface area contributed by atoms with Crippen molar-refractivity contribution in [2.45, 2.75) is 6.92 Å². The minimum Gasteiger partial charge on any atom is -0.316 e. The van der Waals surface area contributed by atoms with Crippen molar-refractivity contribution in [3.05, 3.63) is 36.7 Å². The standard InChI is InChI=1S/C14H17N5O2/c1-10(20)19(3)13-6-4-5-11(7-13)16-14(21)17-12-8-15-18(2)9-12/h4-9H,1-3H3,(H2,16,17,21). The number of hydrogen-bond acceptors (Lipinski definition) is 3. The molecule has 0 unspecified atom stereocenters. The summed E-state index contributed by atoms with van der Waals surface area (Å²) in [7, 11) is 3.45. The quantitative estimate of drug-likeness (QED) is 0.906. The van der Waals surface area contributed by atoms with Gasteiger partial charge in [-0.2, -0.15) is 5.10 Å². The van der Waals surface area contributed by atoms with Crippen molar-refractivity contribution in [2.24, 2.45) is 7.05 Å². The van der Waals surface area contributed by atoms with Crippen molar-refractivity contribution in [1.29, 1.82) is 0 Å². The molecule has 0 radical (unpaired) electrons. The normalized spacial score (nSPS) is 10.0. The fraction of sp³-hybridized carbons (Fsp3) is 0.214. The van der Waals surface area contributed by atoms with Gasteiger partial charge in [-0.3, -0.25) is 9.48 Å². The van der Waals surface area contributed by atoms with E-state index in [0.29, 0.717) is 17.1 Å². The van der Waals surface area contributed by atoms with Crippen LogP contribution < -0.4 is 15.5 Å². The lowest BCUT2D eigenvalue weighted by Crippen LogP contribution is -2.23. The van der Waals surface area contributed by atoms with Crippen LogP contribution in [0, 0.1) is 0 Å². The van der Waals surface area contributed by atoms with Gasteiger partial charge in [0.15, 0.2) is 0 Å². The van der Waals surface area contributed by atoms with Gasteiger partial charge in [0.05, 0.1) is 11.9 Å². The molecule has 110 valence electrons. The van der Waals surface area contributed by atoms with E-state index in [2.05, 4.69) is 15.7 Å². The van der Waals surface area contributed by atoms with Gasteiger partial charge in [-0.15, -0.1) is 0 Å². The number of nitrogens with one attached hydrogen (secondary N) is 2. The second kappa shape index (κ2) is 6.08. The molecule has 2 rings (SSSR count). The lowest BCUT2D eigenvalue weighted by Gasteiger charge is -2.16. The third-order valence-corrected chi connectivity index (χ3v) is 2.93. The van der Waals surface area contributed by atoms with Crippen molar-refractivity contribution in [3.63, 3.8) is 0 Å². The molecule has 0 aliphatic carbocycles. The van der Waals surface area contributed by atoms with Crippen LogP contribution in [0.5, 0.6) is 0 Å². The number of carbonyl (C=O) groups excluding carboxylic acids is 2. The maximum Gasteiger partial charge on any atom is 0.323 e. The van der Waals surface area contributed by atoms with Crippen LogP contribution in [0.25, 0.3) is 0 Å². The van der Waals surface area contributed by atoms with E-state index >= 15 is 0 Å². The Morgan fingerprint density at radius 1 is 1.24 bits per heavy atom. The highest BCUT2D eigenvalue weighted by molar-refractivity contribution is 6.00. The van der Waals surface area contributed by atoms with Gasteiger partial charge >= 0.3 is 6.03 Å². The minimum atomic E-state index is -0.370. The summed E-state index contributed by atoms with van der Waals surface area (Å²) >= 11 is 0. The van der Waals surface area contributed by atoms with Gasteiger partial charge in [0, 0.05) is 38.6 Å². The van der Waals surface area contributed by atoms with Gasteiger partial charge in [0.2, 0.25) is 5.91 Å². The zero-order chi connectivity index (χ0) is 15.4. The molecule has 2 aromatic rings. The van der Waals surface area contributed by atoms with E-state index in [4.69, 9.17) is 0 Å². The third-order valence-electron chi connectivity index (χ3n) is 2.93. The Morgan fingerprint density at radius 3 is 2.57 bits per heavy atom. The summed E-state index contributed by atoms with van der Waals surface area (Å²) in [6, 6.07) is 6.68. The number of benzene rings is 1. The molecule has 1 aromatic carbocycles. The number of anilines is 3. The molecule has 0 atom stereocenters. The minimum absolute atomic E-state index is 0.0769. The summed E-state index contributed by atoms with van der Waals surface area (Å²) in [4.78, 5) is 24.7. The molecule has 0 saturated heterocycles. The van der Waals surface area contributed by atoms with E-state index < -0.39 is 0 Å². The number of aromatic nitrogens is 2. The van der Waals surface area contributed by atoms with Crippen molar-refractivity contribution in [3.8, 4) is 0 Å². The molecule has 2 N–H and O–H groups in total. The van der Waals surface area contributed by atoms with Crippen LogP contribution in [0.2, 0.25) is 0 Å². The topological polar surface area (TPSA) is 79.3 Å². The summed E-state index contributed by atoms with van der Waals surface area (Å²) < 4.78 is 1.60. The monoisotopic (exact) mass is 287 g/mol. The fourth-order valence-corrected chi connectivity index (χ4v) is 1.75. The first kappa shape index (κ1) is 14.6. The lowest BCUT2D eigenvalue weighted by molar-refractivity contribution is -0.116. The number of urea groups is 1. The number of aryl methyl sites for hydroxylation is 1. The van der Waals surface area contributed by atoms with E-state index in [9.17, 15) is 9.59 Å². The second-order valence-corrected chi connectivity index (χ2v) is 4.61. The Bertz CT molecular complexity index is 665. The van der Waals surface area contributed by atoms with Gasteiger partial charge in [-0.1, -0.05) is 6.07 Å². The van der Waals surface area contributed by atoms with Gasteiger partial charge in [0.25, 0.3) is 0 Å². The molecule has 1 aromatic heterocycles. The Balaban J connectivity index is 2.04. The van der Waals surface area contributed by atoms with Crippen molar-refractivity contribution >= 4 is 29.0 Å². The number of amides is 3. The highest BCUT2D eigenvalue weighted by Crippen LogP contribution is 2.18.